The summed E-state index contributed by atoms with van der Waals surface area (Å²) in [5, 5.41) is 20.4. The molecule has 0 heterocycles. The monoisotopic (exact) mass is 377 g/mol. The van der Waals surface area contributed by atoms with Crippen LogP contribution in [0, 0.1) is 12.8 Å². The van der Waals surface area contributed by atoms with E-state index >= 15 is 0 Å². The molecular weight excluding hydrogens is 350 g/mol. The van der Waals surface area contributed by atoms with Crippen LogP contribution in [0.5, 0.6) is 0 Å². The highest BCUT2D eigenvalue weighted by Crippen LogP contribution is 2.30. The van der Waals surface area contributed by atoms with E-state index in [4.69, 9.17) is 0 Å². The molecule has 2 aromatic rings. The summed E-state index contributed by atoms with van der Waals surface area (Å²) in [6, 6.07) is 13.2. The van der Waals surface area contributed by atoms with Crippen molar-refractivity contribution in [3.63, 3.8) is 0 Å². The average molecular weight is 378 g/mol. The third-order valence-corrected chi connectivity index (χ3v) is 6.64. The molecule has 0 radical (unpaired) electrons. The molecule has 0 saturated carbocycles. The fourth-order valence-corrected chi connectivity index (χ4v) is 4.65. The van der Waals surface area contributed by atoms with Gasteiger partial charge >= 0.3 is 0 Å². The van der Waals surface area contributed by atoms with Crippen molar-refractivity contribution in [3.05, 3.63) is 65.2 Å². The number of nitrogens with zero attached hydrogens (tertiary/aromatic N) is 1. The van der Waals surface area contributed by atoms with Crippen molar-refractivity contribution in [3.8, 4) is 0 Å². The van der Waals surface area contributed by atoms with Crippen molar-refractivity contribution >= 4 is 10.0 Å². The summed E-state index contributed by atoms with van der Waals surface area (Å²) in [6.07, 6.45) is -1.05. The van der Waals surface area contributed by atoms with Gasteiger partial charge in [0.1, 0.15) is 6.10 Å². The molecular formula is C20H27NO4S. The summed E-state index contributed by atoms with van der Waals surface area (Å²) in [4.78, 5) is 0.0506. The minimum atomic E-state index is -3.87. The summed E-state index contributed by atoms with van der Waals surface area (Å²) in [5.41, 5.74) is 2.01. The highest BCUT2D eigenvalue weighted by Gasteiger charge is 2.32. The second-order valence-electron chi connectivity index (χ2n) is 6.87. The summed E-state index contributed by atoms with van der Waals surface area (Å²) < 4.78 is 27.5. The molecule has 2 rings (SSSR count). The van der Waals surface area contributed by atoms with E-state index in [9.17, 15) is 18.6 Å². The zero-order chi connectivity index (χ0) is 19.5. The van der Waals surface area contributed by atoms with Crippen LogP contribution in [-0.4, -0.2) is 42.6 Å². The van der Waals surface area contributed by atoms with Gasteiger partial charge in [-0.3, -0.25) is 0 Å². The summed E-state index contributed by atoms with van der Waals surface area (Å²) in [5.74, 6) is -0.0473. The van der Waals surface area contributed by atoms with Crippen molar-refractivity contribution in [2.75, 3.05) is 13.7 Å². The predicted octanol–water partition coefficient (Wildman–Crippen LogP) is 2.71. The Morgan fingerprint density at radius 1 is 1.04 bits per heavy atom. The van der Waals surface area contributed by atoms with Crippen LogP contribution in [0.3, 0.4) is 0 Å². The lowest BCUT2D eigenvalue weighted by molar-refractivity contribution is 0.167. The van der Waals surface area contributed by atoms with Gasteiger partial charge in [0.15, 0.2) is 0 Å². The average Bonchev–Trinajstić information content (AvgIpc) is 2.62. The van der Waals surface area contributed by atoms with E-state index in [0.717, 1.165) is 5.56 Å². The van der Waals surface area contributed by atoms with E-state index in [0.29, 0.717) is 11.1 Å². The van der Waals surface area contributed by atoms with Crippen LogP contribution < -0.4 is 0 Å². The molecule has 0 bridgehead atoms. The molecule has 0 unspecified atom stereocenters. The van der Waals surface area contributed by atoms with Crippen LogP contribution in [0.25, 0.3) is 0 Å². The van der Waals surface area contributed by atoms with Gasteiger partial charge in [-0.25, -0.2) is 8.42 Å². The predicted molar refractivity (Wildman–Crippen MR) is 102 cm³/mol. The number of sulfonamides is 1. The normalized spacial score (nSPS) is 14.6. The van der Waals surface area contributed by atoms with Gasteiger partial charge < -0.3 is 10.2 Å². The highest BCUT2D eigenvalue weighted by molar-refractivity contribution is 7.89. The fourth-order valence-electron chi connectivity index (χ4n) is 2.95. The molecule has 2 N–H and O–H groups in total. The Kier molecular flexibility index (Phi) is 6.58. The van der Waals surface area contributed by atoms with Gasteiger partial charge in [-0.15, -0.1) is 0 Å². The van der Waals surface area contributed by atoms with Crippen molar-refractivity contribution in [1.82, 2.24) is 4.31 Å². The minimum Gasteiger partial charge on any atom is -0.395 e. The van der Waals surface area contributed by atoms with Crippen molar-refractivity contribution in [1.29, 1.82) is 0 Å². The fraction of sp³-hybridized carbons (Fsp3) is 0.400. The molecule has 26 heavy (non-hydrogen) atoms. The van der Waals surface area contributed by atoms with Crippen molar-refractivity contribution < 1.29 is 18.6 Å². The molecule has 2 atom stereocenters. The molecule has 0 amide bonds. The maximum Gasteiger partial charge on any atom is 0.243 e. The lowest BCUT2D eigenvalue weighted by atomic mass is 10.0. The Morgan fingerprint density at radius 2 is 1.62 bits per heavy atom. The smallest absolute Gasteiger partial charge is 0.243 e. The maximum atomic E-state index is 13.2. The molecule has 0 aliphatic rings. The first-order valence-corrected chi connectivity index (χ1v) is 10.1. The topological polar surface area (TPSA) is 77.8 Å². The Morgan fingerprint density at radius 3 is 2.15 bits per heavy atom. The first-order chi connectivity index (χ1) is 12.2. The molecule has 0 aliphatic carbocycles. The second-order valence-corrected chi connectivity index (χ2v) is 8.83. The van der Waals surface area contributed by atoms with Gasteiger partial charge in [0.25, 0.3) is 0 Å². The number of benzene rings is 2. The highest BCUT2D eigenvalue weighted by atomic mass is 32.2. The third-order valence-electron chi connectivity index (χ3n) is 4.69. The van der Waals surface area contributed by atoms with Crippen LogP contribution >= 0.6 is 0 Å². The summed E-state index contributed by atoms with van der Waals surface area (Å²) >= 11 is 0. The van der Waals surface area contributed by atoms with Crippen molar-refractivity contribution in [2.24, 2.45) is 5.92 Å². The number of rotatable bonds is 7. The SMILES string of the molecule is Cc1ccc([C@H](O)c2ccccc2S(=O)(=O)N(C)[C@H](CO)C(C)C)cc1. The molecule has 6 heteroatoms. The Hall–Kier alpha value is -1.73. The van der Waals surface area contributed by atoms with Crippen molar-refractivity contribution in [2.45, 2.75) is 37.8 Å². The molecule has 2 aromatic carbocycles. The molecule has 0 aromatic heterocycles. The molecule has 142 valence electrons. The number of likely N-dealkylation sites (N-methyl/N-ethyl adjacent to an activating group) is 1. The zero-order valence-corrected chi connectivity index (χ0v) is 16.4. The lowest BCUT2D eigenvalue weighted by Crippen LogP contribution is -2.43. The second kappa shape index (κ2) is 8.31. The molecule has 0 aliphatic heterocycles. The molecule has 0 spiro atoms. The van der Waals surface area contributed by atoms with E-state index in [2.05, 4.69) is 0 Å². The molecule has 0 saturated heterocycles. The Labute approximate surface area is 156 Å². The van der Waals surface area contributed by atoms with Crippen LogP contribution in [0.2, 0.25) is 0 Å². The van der Waals surface area contributed by atoms with E-state index in [-0.39, 0.29) is 17.4 Å². The van der Waals surface area contributed by atoms with Crippen LogP contribution in [0.1, 0.15) is 36.6 Å². The van der Waals surface area contributed by atoms with Crippen LogP contribution in [-0.2, 0) is 10.0 Å². The van der Waals surface area contributed by atoms with Gasteiger partial charge in [-0.1, -0.05) is 61.9 Å². The lowest BCUT2D eigenvalue weighted by Gasteiger charge is -2.30. The van der Waals surface area contributed by atoms with Gasteiger partial charge in [0, 0.05) is 12.6 Å². The number of aryl methyl sites for hydroxylation is 1. The largest absolute Gasteiger partial charge is 0.395 e. The zero-order valence-electron chi connectivity index (χ0n) is 15.6. The van der Waals surface area contributed by atoms with E-state index in [1.165, 1.54) is 17.4 Å². The van der Waals surface area contributed by atoms with Gasteiger partial charge in [0.05, 0.1) is 17.5 Å². The van der Waals surface area contributed by atoms with Gasteiger partial charge in [0.2, 0.25) is 10.0 Å². The first kappa shape index (κ1) is 20.6. The molecule has 0 fully saturated rings. The summed E-state index contributed by atoms with van der Waals surface area (Å²) in [6.45, 7) is 5.40. The third kappa shape index (κ3) is 4.15. The first-order valence-electron chi connectivity index (χ1n) is 8.62. The number of aliphatic hydroxyl groups is 2. The Balaban J connectivity index is 2.49. The number of hydrogen-bond acceptors (Lipinski definition) is 4. The van der Waals surface area contributed by atoms with E-state index < -0.39 is 22.2 Å². The standard InChI is InChI=1S/C20H27NO4S/c1-14(2)18(13-22)21(4)26(24,25)19-8-6-5-7-17(19)20(23)16-11-9-15(3)10-12-16/h5-12,14,18,20,22-23H,13H2,1-4H3/t18-,20+/m1/s1. The van der Waals surface area contributed by atoms with Gasteiger partial charge in [-0.2, -0.15) is 4.31 Å². The van der Waals surface area contributed by atoms with E-state index in [1.807, 2.05) is 32.9 Å². The maximum absolute atomic E-state index is 13.2. The minimum absolute atomic E-state index is 0.0473. The van der Waals surface area contributed by atoms with Gasteiger partial charge in [-0.05, 0) is 24.5 Å². The molecule has 5 nitrogen and oxygen atoms in total. The Bertz CT molecular complexity index is 831. The van der Waals surface area contributed by atoms with Crippen LogP contribution in [0.15, 0.2) is 53.4 Å². The summed E-state index contributed by atoms with van der Waals surface area (Å²) in [7, 11) is -2.41. The quantitative estimate of drug-likeness (QED) is 0.778. The number of hydrogen-bond donors (Lipinski definition) is 2. The van der Waals surface area contributed by atoms with Crippen LogP contribution in [0.4, 0.5) is 0 Å². The van der Waals surface area contributed by atoms with E-state index in [1.54, 1.807) is 30.3 Å². The number of aliphatic hydroxyl groups excluding tert-OH is 2.